The molecule has 3 aromatic rings. The molecule has 0 aliphatic rings. The van der Waals surface area contributed by atoms with E-state index in [9.17, 15) is 13.2 Å². The van der Waals surface area contributed by atoms with Gasteiger partial charge in [0.1, 0.15) is 5.82 Å². The Labute approximate surface area is 132 Å². The summed E-state index contributed by atoms with van der Waals surface area (Å²) < 4.78 is 43.9. The van der Waals surface area contributed by atoms with Gasteiger partial charge in [-0.25, -0.2) is 14.4 Å². The van der Waals surface area contributed by atoms with E-state index in [0.29, 0.717) is 0 Å². The number of aromatic nitrogens is 4. The minimum atomic E-state index is -3.75. The van der Waals surface area contributed by atoms with Crippen molar-refractivity contribution in [1.29, 1.82) is 0 Å². The van der Waals surface area contributed by atoms with Gasteiger partial charge in [-0.1, -0.05) is 12.1 Å². The third-order valence-electron chi connectivity index (χ3n) is 2.69. The Kier molecular flexibility index (Phi) is 3.87. The van der Waals surface area contributed by atoms with Crippen molar-refractivity contribution < 1.29 is 17.6 Å². The van der Waals surface area contributed by atoms with Crippen molar-refractivity contribution in [3.05, 3.63) is 48.4 Å². The Morgan fingerprint density at radius 1 is 1.09 bits per heavy atom. The second kappa shape index (κ2) is 5.84. The van der Waals surface area contributed by atoms with E-state index in [1.165, 1.54) is 24.5 Å². The van der Waals surface area contributed by atoms with Crippen molar-refractivity contribution in [2.24, 2.45) is 0 Å². The molecule has 0 fully saturated rings. The molecule has 23 heavy (non-hydrogen) atoms. The van der Waals surface area contributed by atoms with Gasteiger partial charge in [-0.2, -0.15) is 8.78 Å². The van der Waals surface area contributed by atoms with Crippen LogP contribution in [-0.2, 0) is 5.38 Å². The maximum Gasteiger partial charge on any atom is 0.399 e. The van der Waals surface area contributed by atoms with Crippen molar-refractivity contribution >= 4 is 23.2 Å². The molecular weight excluding hydrogens is 335 g/mol. The summed E-state index contributed by atoms with van der Waals surface area (Å²) in [5.74, 6) is -1.59. The van der Waals surface area contributed by atoms with Crippen LogP contribution in [0.2, 0.25) is 0 Å². The Morgan fingerprint density at radius 3 is 2.39 bits per heavy atom. The summed E-state index contributed by atoms with van der Waals surface area (Å²) in [6, 6.07) is 5.98. The van der Waals surface area contributed by atoms with E-state index in [1.807, 2.05) is 0 Å². The minimum absolute atomic E-state index is 0.112. The molecule has 0 radical (unpaired) electrons. The van der Waals surface area contributed by atoms with Crippen LogP contribution in [-0.4, -0.2) is 20.2 Å². The zero-order valence-electron chi connectivity index (χ0n) is 11.2. The van der Waals surface area contributed by atoms with Crippen molar-refractivity contribution in [1.82, 2.24) is 20.2 Å². The van der Waals surface area contributed by atoms with Gasteiger partial charge in [-0.05, 0) is 23.7 Å². The maximum absolute atomic E-state index is 13.5. The third-order valence-corrected chi connectivity index (χ3v) is 2.85. The summed E-state index contributed by atoms with van der Waals surface area (Å²) >= 11 is 4.78. The molecule has 0 amide bonds. The minimum Gasteiger partial charge on any atom is -0.414 e. The van der Waals surface area contributed by atoms with Gasteiger partial charge >= 0.3 is 11.3 Å². The smallest absolute Gasteiger partial charge is 0.399 e. The first-order valence-electron chi connectivity index (χ1n) is 6.18. The van der Waals surface area contributed by atoms with Crippen LogP contribution in [0.1, 0.15) is 5.89 Å². The molecule has 2 aromatic heterocycles. The van der Waals surface area contributed by atoms with E-state index < -0.39 is 17.1 Å². The first-order chi connectivity index (χ1) is 10.9. The highest BCUT2D eigenvalue weighted by atomic mass is 35.5. The Morgan fingerprint density at radius 2 is 1.78 bits per heavy atom. The van der Waals surface area contributed by atoms with Gasteiger partial charge in [-0.15, -0.1) is 10.2 Å². The van der Waals surface area contributed by atoms with E-state index in [-0.39, 0.29) is 23.1 Å². The number of para-hydroxylation sites is 1. The highest BCUT2D eigenvalue weighted by Gasteiger charge is 2.35. The van der Waals surface area contributed by atoms with Crippen LogP contribution in [0, 0.1) is 5.82 Å². The van der Waals surface area contributed by atoms with Gasteiger partial charge in [0.05, 0.1) is 11.3 Å². The van der Waals surface area contributed by atoms with Crippen molar-refractivity contribution in [2.45, 2.75) is 5.38 Å². The number of anilines is 2. The maximum atomic E-state index is 13.5. The van der Waals surface area contributed by atoms with Gasteiger partial charge in [0.25, 0.3) is 5.89 Å². The molecule has 0 bridgehead atoms. The molecule has 118 valence electrons. The number of halogens is 4. The van der Waals surface area contributed by atoms with Gasteiger partial charge in [-0.3, -0.25) is 0 Å². The second-order valence-corrected chi connectivity index (χ2v) is 4.79. The first-order valence-corrected chi connectivity index (χ1v) is 6.56. The van der Waals surface area contributed by atoms with Gasteiger partial charge in [0.2, 0.25) is 5.95 Å². The first kappa shape index (κ1) is 15.2. The third kappa shape index (κ3) is 3.39. The molecule has 3 rings (SSSR count). The quantitative estimate of drug-likeness (QED) is 0.729. The summed E-state index contributed by atoms with van der Waals surface area (Å²) in [7, 11) is 0. The molecule has 0 aliphatic heterocycles. The molecule has 0 aliphatic carbocycles. The van der Waals surface area contributed by atoms with Gasteiger partial charge < -0.3 is 9.73 Å². The molecule has 0 atom stereocenters. The largest absolute Gasteiger partial charge is 0.414 e. The van der Waals surface area contributed by atoms with E-state index in [0.717, 1.165) is 0 Å². The molecule has 6 nitrogen and oxygen atoms in total. The molecule has 0 saturated carbocycles. The van der Waals surface area contributed by atoms with Crippen molar-refractivity contribution in [2.75, 3.05) is 5.32 Å². The fourth-order valence-corrected chi connectivity index (χ4v) is 1.72. The number of nitrogens with zero attached hydrogens (tertiary/aromatic N) is 4. The highest BCUT2D eigenvalue weighted by Crippen LogP contribution is 2.32. The highest BCUT2D eigenvalue weighted by molar-refractivity contribution is 6.21. The summed E-state index contributed by atoms with van der Waals surface area (Å²) in [5, 5.41) is 5.51. The lowest BCUT2D eigenvalue weighted by Gasteiger charge is -2.05. The number of benzene rings is 1. The van der Waals surface area contributed by atoms with Crippen LogP contribution in [0.25, 0.3) is 11.5 Å². The summed E-state index contributed by atoms with van der Waals surface area (Å²) in [5.41, 5.74) is 0.408. The number of hydrogen-bond acceptors (Lipinski definition) is 6. The Bertz CT molecular complexity index is 819. The van der Waals surface area contributed by atoms with E-state index >= 15 is 0 Å². The van der Waals surface area contributed by atoms with Crippen LogP contribution in [0.3, 0.4) is 0 Å². The fraction of sp³-hybridized carbons (Fsp3) is 0.0769. The topological polar surface area (TPSA) is 76.7 Å². The van der Waals surface area contributed by atoms with Crippen LogP contribution >= 0.6 is 11.6 Å². The number of nitrogens with one attached hydrogen (secondary N) is 1. The molecule has 1 aromatic carbocycles. The molecule has 0 saturated heterocycles. The summed E-state index contributed by atoms with van der Waals surface area (Å²) in [6.45, 7) is 0. The molecular formula is C13H7ClF3N5O. The fourth-order valence-electron chi connectivity index (χ4n) is 1.64. The van der Waals surface area contributed by atoms with Crippen LogP contribution < -0.4 is 5.32 Å². The number of rotatable bonds is 4. The predicted molar refractivity (Wildman–Crippen MR) is 74.8 cm³/mol. The van der Waals surface area contributed by atoms with Gasteiger partial charge in [0.15, 0.2) is 0 Å². The van der Waals surface area contributed by atoms with Crippen LogP contribution in [0.5, 0.6) is 0 Å². The molecule has 0 spiro atoms. The average Bonchev–Trinajstić information content (AvgIpc) is 3.00. The molecule has 0 unspecified atom stereocenters. The van der Waals surface area contributed by atoms with Crippen LogP contribution in [0.15, 0.2) is 41.1 Å². The number of hydrogen-bond donors (Lipinski definition) is 1. The zero-order chi connectivity index (χ0) is 16.4. The Hall–Kier alpha value is -2.68. The zero-order valence-corrected chi connectivity index (χ0v) is 11.9. The molecule has 10 heteroatoms. The standard InChI is InChI=1S/C13H7ClF3N5O/c14-13(16,17)11-22-21-10(23-11)7-5-18-12(19-6-7)20-9-4-2-1-3-8(9)15/h1-6H,(H,18,19,20). The SMILES string of the molecule is Fc1ccccc1Nc1ncc(-c2nnc(C(F)(F)Cl)o2)cn1. The average molecular weight is 342 g/mol. The molecule has 2 heterocycles. The van der Waals surface area contributed by atoms with Crippen molar-refractivity contribution in [3.63, 3.8) is 0 Å². The van der Waals surface area contributed by atoms with Crippen molar-refractivity contribution in [3.8, 4) is 11.5 Å². The van der Waals surface area contributed by atoms with E-state index in [2.05, 4.69) is 25.5 Å². The van der Waals surface area contributed by atoms with E-state index in [1.54, 1.807) is 12.1 Å². The van der Waals surface area contributed by atoms with Crippen LogP contribution in [0.4, 0.5) is 24.8 Å². The lowest BCUT2D eigenvalue weighted by molar-refractivity contribution is 0.0626. The Balaban J connectivity index is 1.80. The lowest BCUT2D eigenvalue weighted by Crippen LogP contribution is -2.03. The summed E-state index contributed by atoms with van der Waals surface area (Å²) in [6.07, 6.45) is 2.53. The normalized spacial score (nSPS) is 11.5. The second-order valence-electron chi connectivity index (χ2n) is 4.31. The summed E-state index contributed by atoms with van der Waals surface area (Å²) in [4.78, 5) is 7.85. The predicted octanol–water partition coefficient (Wildman–Crippen LogP) is 3.70. The molecule has 1 N–H and O–H groups in total. The lowest BCUT2D eigenvalue weighted by atomic mass is 10.3. The van der Waals surface area contributed by atoms with E-state index in [4.69, 9.17) is 16.0 Å². The monoisotopic (exact) mass is 341 g/mol. The number of alkyl halides is 3. The van der Waals surface area contributed by atoms with Gasteiger partial charge in [0, 0.05) is 12.4 Å².